The summed E-state index contributed by atoms with van der Waals surface area (Å²) in [6.45, 7) is 4.60. The molecule has 0 radical (unpaired) electrons. The Kier molecular flexibility index (Phi) is 5.73. The van der Waals surface area contributed by atoms with E-state index >= 15 is 0 Å². The second-order valence-electron chi connectivity index (χ2n) is 4.72. The molecule has 0 saturated carbocycles. The first kappa shape index (κ1) is 16.7. The third kappa shape index (κ3) is 4.06. The van der Waals surface area contributed by atoms with Crippen LogP contribution in [0.25, 0.3) is 0 Å². The van der Waals surface area contributed by atoms with Crippen LogP contribution in [0.15, 0.2) is 17.2 Å². The van der Waals surface area contributed by atoms with Gasteiger partial charge in [0.2, 0.25) is 10.0 Å². The molecule has 1 heterocycles. The molecule has 0 aromatic carbocycles. The van der Waals surface area contributed by atoms with E-state index in [1.165, 1.54) is 16.8 Å². The average molecular weight is 303 g/mol. The van der Waals surface area contributed by atoms with E-state index in [0.29, 0.717) is 19.5 Å². The third-order valence-corrected chi connectivity index (χ3v) is 4.23. The number of aromatic nitrogens is 1. The van der Waals surface area contributed by atoms with Gasteiger partial charge >= 0.3 is 5.97 Å². The first-order valence-corrected chi connectivity index (χ1v) is 7.87. The van der Waals surface area contributed by atoms with Crippen LogP contribution in [0, 0.1) is 0 Å². The van der Waals surface area contributed by atoms with Crippen molar-refractivity contribution in [3.8, 4) is 0 Å². The van der Waals surface area contributed by atoms with Crippen LogP contribution in [-0.2, 0) is 10.0 Å². The molecule has 7 nitrogen and oxygen atoms in total. The SMILES string of the molecule is CNCCCNS(=O)(=O)c1cc(C(=O)O)n(C(C)C)c1. The Labute approximate surface area is 119 Å². The Morgan fingerprint density at radius 3 is 2.50 bits per heavy atom. The minimum absolute atomic E-state index is 0.0203. The molecule has 0 aliphatic carbocycles. The number of carbonyl (C=O) groups is 1. The number of aromatic carboxylic acids is 1. The Balaban J connectivity index is 2.95. The van der Waals surface area contributed by atoms with E-state index in [2.05, 4.69) is 10.0 Å². The summed E-state index contributed by atoms with van der Waals surface area (Å²) in [5.74, 6) is -1.14. The third-order valence-electron chi connectivity index (χ3n) is 2.80. The van der Waals surface area contributed by atoms with E-state index in [1.54, 1.807) is 20.9 Å². The van der Waals surface area contributed by atoms with Crippen LogP contribution >= 0.6 is 0 Å². The van der Waals surface area contributed by atoms with Crippen molar-refractivity contribution in [2.24, 2.45) is 0 Å². The van der Waals surface area contributed by atoms with Crippen LogP contribution < -0.4 is 10.0 Å². The molecule has 0 amide bonds. The minimum atomic E-state index is -3.67. The van der Waals surface area contributed by atoms with Gasteiger partial charge in [0.1, 0.15) is 10.6 Å². The van der Waals surface area contributed by atoms with E-state index in [0.717, 1.165) is 0 Å². The summed E-state index contributed by atoms with van der Waals surface area (Å²) in [5, 5.41) is 12.0. The summed E-state index contributed by atoms with van der Waals surface area (Å²) in [6.07, 6.45) is 2.01. The van der Waals surface area contributed by atoms with Gasteiger partial charge in [0, 0.05) is 18.8 Å². The molecule has 3 N–H and O–H groups in total. The first-order chi connectivity index (χ1) is 9.29. The quantitative estimate of drug-likeness (QED) is 0.612. The van der Waals surface area contributed by atoms with Gasteiger partial charge in [0.25, 0.3) is 0 Å². The summed E-state index contributed by atoms with van der Waals surface area (Å²) < 4.78 is 28.0. The molecule has 1 aromatic rings. The Morgan fingerprint density at radius 2 is 2.05 bits per heavy atom. The van der Waals surface area contributed by atoms with Crippen molar-refractivity contribution < 1.29 is 18.3 Å². The second-order valence-corrected chi connectivity index (χ2v) is 6.49. The van der Waals surface area contributed by atoms with E-state index in [1.807, 2.05) is 0 Å². The number of rotatable bonds is 8. The fraction of sp³-hybridized carbons (Fsp3) is 0.583. The zero-order valence-electron chi connectivity index (χ0n) is 11.9. The van der Waals surface area contributed by atoms with Crippen LogP contribution in [0.5, 0.6) is 0 Å². The molecule has 8 heteroatoms. The van der Waals surface area contributed by atoms with Gasteiger partial charge < -0.3 is 15.0 Å². The monoisotopic (exact) mass is 303 g/mol. The number of nitrogens with zero attached hydrogens (tertiary/aromatic N) is 1. The van der Waals surface area contributed by atoms with Gasteiger partial charge in [0.15, 0.2) is 0 Å². The predicted octanol–water partition coefficient (Wildman–Crippen LogP) is 0.655. The van der Waals surface area contributed by atoms with Crippen molar-refractivity contribution in [1.82, 2.24) is 14.6 Å². The summed E-state index contributed by atoms with van der Waals surface area (Å²) in [5.41, 5.74) is -0.0319. The van der Waals surface area contributed by atoms with Crippen molar-refractivity contribution in [3.05, 3.63) is 18.0 Å². The fourth-order valence-corrected chi connectivity index (χ4v) is 2.85. The van der Waals surface area contributed by atoms with E-state index in [4.69, 9.17) is 5.11 Å². The van der Waals surface area contributed by atoms with Crippen molar-refractivity contribution in [2.45, 2.75) is 31.2 Å². The molecule has 0 saturated heterocycles. The number of sulfonamides is 1. The number of carboxylic acid groups (broad SMARTS) is 1. The molecule has 0 bridgehead atoms. The standard InChI is InChI=1S/C12H21N3O4S/c1-9(2)15-8-10(7-11(15)12(16)17)20(18,19)14-6-4-5-13-3/h7-9,13-14H,4-6H2,1-3H3,(H,16,17). The molecule has 0 aliphatic rings. The zero-order valence-corrected chi connectivity index (χ0v) is 12.7. The molecular formula is C12H21N3O4S. The van der Waals surface area contributed by atoms with Gasteiger partial charge in [-0.15, -0.1) is 0 Å². The lowest BCUT2D eigenvalue weighted by atomic mass is 10.3. The molecule has 0 atom stereocenters. The molecule has 20 heavy (non-hydrogen) atoms. The van der Waals surface area contributed by atoms with Gasteiger partial charge in [-0.3, -0.25) is 0 Å². The van der Waals surface area contributed by atoms with E-state index in [9.17, 15) is 13.2 Å². The highest BCUT2D eigenvalue weighted by molar-refractivity contribution is 7.89. The highest BCUT2D eigenvalue weighted by Crippen LogP contribution is 2.18. The van der Waals surface area contributed by atoms with E-state index < -0.39 is 16.0 Å². The van der Waals surface area contributed by atoms with Crippen molar-refractivity contribution >= 4 is 16.0 Å². The van der Waals surface area contributed by atoms with Crippen LogP contribution in [-0.4, -0.2) is 44.2 Å². The smallest absolute Gasteiger partial charge is 0.352 e. The van der Waals surface area contributed by atoms with Gasteiger partial charge in [-0.25, -0.2) is 17.9 Å². The maximum Gasteiger partial charge on any atom is 0.352 e. The Hall–Kier alpha value is -1.38. The molecule has 0 spiro atoms. The van der Waals surface area contributed by atoms with Crippen LogP contribution in [0.1, 0.15) is 36.8 Å². The maximum atomic E-state index is 12.1. The van der Waals surface area contributed by atoms with Crippen LogP contribution in [0.4, 0.5) is 0 Å². The Bertz CT molecular complexity index is 563. The molecular weight excluding hydrogens is 282 g/mol. The minimum Gasteiger partial charge on any atom is -0.477 e. The number of carboxylic acids is 1. The summed E-state index contributed by atoms with van der Waals surface area (Å²) in [7, 11) is -1.88. The topological polar surface area (TPSA) is 100 Å². The first-order valence-electron chi connectivity index (χ1n) is 6.39. The fourth-order valence-electron chi connectivity index (χ4n) is 1.75. The lowest BCUT2D eigenvalue weighted by Crippen LogP contribution is -2.26. The average Bonchev–Trinajstić information content (AvgIpc) is 2.80. The number of hydrogen-bond donors (Lipinski definition) is 3. The highest BCUT2D eigenvalue weighted by atomic mass is 32.2. The van der Waals surface area contributed by atoms with Crippen LogP contribution in [0.2, 0.25) is 0 Å². The predicted molar refractivity (Wildman–Crippen MR) is 75.5 cm³/mol. The zero-order chi connectivity index (χ0) is 15.3. The Morgan fingerprint density at radius 1 is 1.40 bits per heavy atom. The summed E-state index contributed by atoms with van der Waals surface area (Å²) >= 11 is 0. The van der Waals surface area contributed by atoms with Gasteiger partial charge in [-0.05, 0) is 39.9 Å². The lowest BCUT2D eigenvalue weighted by molar-refractivity contribution is 0.0683. The van der Waals surface area contributed by atoms with Gasteiger partial charge in [0.05, 0.1) is 0 Å². The van der Waals surface area contributed by atoms with E-state index in [-0.39, 0.29) is 16.6 Å². The molecule has 0 aliphatic heterocycles. The largest absolute Gasteiger partial charge is 0.477 e. The van der Waals surface area contributed by atoms with Gasteiger partial charge in [-0.2, -0.15) is 0 Å². The summed E-state index contributed by atoms with van der Waals surface area (Å²) in [4.78, 5) is 11.1. The normalized spacial score (nSPS) is 12.0. The highest BCUT2D eigenvalue weighted by Gasteiger charge is 2.21. The van der Waals surface area contributed by atoms with Crippen molar-refractivity contribution in [2.75, 3.05) is 20.1 Å². The maximum absolute atomic E-state index is 12.1. The van der Waals surface area contributed by atoms with Crippen molar-refractivity contribution in [3.63, 3.8) is 0 Å². The number of nitrogens with one attached hydrogen (secondary N) is 2. The van der Waals surface area contributed by atoms with Crippen LogP contribution in [0.3, 0.4) is 0 Å². The summed E-state index contributed by atoms with van der Waals surface area (Å²) in [6, 6.07) is 1.05. The lowest BCUT2D eigenvalue weighted by Gasteiger charge is -2.09. The van der Waals surface area contributed by atoms with Crippen molar-refractivity contribution in [1.29, 1.82) is 0 Å². The molecule has 0 fully saturated rings. The number of hydrogen-bond acceptors (Lipinski definition) is 4. The molecule has 1 aromatic heterocycles. The molecule has 114 valence electrons. The molecule has 1 rings (SSSR count). The van der Waals surface area contributed by atoms with Gasteiger partial charge in [-0.1, -0.05) is 0 Å². The molecule has 0 unspecified atom stereocenters. The second kappa shape index (κ2) is 6.87.